The molecule has 1 aromatic rings. The van der Waals surface area contributed by atoms with Gasteiger partial charge in [-0.3, -0.25) is 0 Å². The Labute approximate surface area is 135 Å². The van der Waals surface area contributed by atoms with Crippen molar-refractivity contribution in [2.45, 2.75) is 19.4 Å². The lowest BCUT2D eigenvalue weighted by atomic mass is 10.0. The highest BCUT2D eigenvalue weighted by Crippen LogP contribution is 2.33. The summed E-state index contributed by atoms with van der Waals surface area (Å²) in [5, 5.41) is 9.20. The molecule has 1 unspecified atom stereocenters. The Balaban J connectivity index is 2.62. The van der Waals surface area contributed by atoms with Gasteiger partial charge in [0.2, 0.25) is 0 Å². The first-order valence-electron chi connectivity index (χ1n) is 6.91. The van der Waals surface area contributed by atoms with Crippen molar-refractivity contribution in [1.29, 1.82) is 0 Å². The summed E-state index contributed by atoms with van der Waals surface area (Å²) in [5.74, 6) is -2.24. The van der Waals surface area contributed by atoms with Crippen molar-refractivity contribution in [2.24, 2.45) is 0 Å². The molecule has 128 valence electrons. The van der Waals surface area contributed by atoms with E-state index in [0.717, 1.165) is 19.2 Å². The Kier molecular flexibility index (Phi) is 4.82. The van der Waals surface area contributed by atoms with E-state index in [-0.39, 0.29) is 17.7 Å². The van der Waals surface area contributed by atoms with Crippen LogP contribution in [0.1, 0.15) is 24.9 Å². The number of benzene rings is 1. The van der Waals surface area contributed by atoms with Gasteiger partial charge < -0.3 is 9.84 Å². The van der Waals surface area contributed by atoms with Crippen LogP contribution in [0.3, 0.4) is 0 Å². The number of halogens is 2. The fraction of sp³-hybridized carbons (Fsp3) is 0.267. The van der Waals surface area contributed by atoms with Gasteiger partial charge in [0.05, 0.1) is 13.2 Å². The molecule has 7 nitrogen and oxygen atoms in total. The molecule has 0 saturated heterocycles. The first-order valence-corrected chi connectivity index (χ1v) is 6.91. The number of hydrogen-bond acceptors (Lipinski definition) is 4. The molecule has 1 N–H and O–H groups in total. The molecule has 0 spiro atoms. The summed E-state index contributed by atoms with van der Waals surface area (Å²) in [6, 6.07) is 0.623. The summed E-state index contributed by atoms with van der Waals surface area (Å²) < 4.78 is 31.1. The van der Waals surface area contributed by atoms with E-state index >= 15 is 0 Å². The number of rotatable bonds is 2. The number of nitrogens with zero attached hydrogens (tertiary/aromatic N) is 2. The predicted molar refractivity (Wildman–Crippen MR) is 77.0 cm³/mol. The quantitative estimate of drug-likeness (QED) is 0.890. The molecule has 1 aromatic carbocycles. The average Bonchev–Trinajstić information content (AvgIpc) is 2.55. The van der Waals surface area contributed by atoms with Gasteiger partial charge in [0.15, 0.2) is 11.6 Å². The fourth-order valence-corrected chi connectivity index (χ4v) is 2.39. The lowest BCUT2D eigenvalue weighted by Crippen LogP contribution is -2.52. The minimum atomic E-state index is -1.56. The number of amides is 4. The third kappa shape index (κ3) is 2.92. The molecule has 0 aliphatic carbocycles. The van der Waals surface area contributed by atoms with Gasteiger partial charge in [-0.1, -0.05) is 13.0 Å². The van der Waals surface area contributed by atoms with Crippen molar-refractivity contribution in [3.8, 4) is 0 Å². The Morgan fingerprint density at radius 2 is 1.96 bits per heavy atom. The summed E-state index contributed by atoms with van der Waals surface area (Å²) in [5.41, 5.74) is 0.214. The molecule has 0 bridgehead atoms. The van der Waals surface area contributed by atoms with Crippen LogP contribution in [-0.4, -0.2) is 40.2 Å². The van der Waals surface area contributed by atoms with Gasteiger partial charge in [-0.2, -0.15) is 0 Å². The van der Waals surface area contributed by atoms with E-state index in [2.05, 4.69) is 4.74 Å². The minimum Gasteiger partial charge on any atom is -0.464 e. The number of carbonyl (C=O) groups excluding carboxylic acids is 2. The largest absolute Gasteiger partial charge is 0.464 e. The molecule has 1 aliphatic rings. The van der Waals surface area contributed by atoms with Crippen LogP contribution in [0.15, 0.2) is 30.0 Å². The summed E-state index contributed by atoms with van der Waals surface area (Å²) in [6.45, 7) is 1.62. The third-order valence-electron chi connectivity index (χ3n) is 3.52. The molecule has 9 heteroatoms. The zero-order valence-corrected chi connectivity index (χ0v) is 12.8. The molecular weight excluding hydrogens is 326 g/mol. The fourth-order valence-electron chi connectivity index (χ4n) is 2.39. The molecule has 0 fully saturated rings. The molecule has 4 amide bonds. The van der Waals surface area contributed by atoms with E-state index in [4.69, 9.17) is 0 Å². The van der Waals surface area contributed by atoms with Crippen molar-refractivity contribution in [2.75, 3.05) is 7.11 Å². The molecule has 0 radical (unpaired) electrons. The first kappa shape index (κ1) is 17.4. The highest BCUT2D eigenvalue weighted by molar-refractivity contribution is 6.01. The molecule has 0 aromatic heterocycles. The van der Waals surface area contributed by atoms with Gasteiger partial charge in [-0.15, -0.1) is 0 Å². The van der Waals surface area contributed by atoms with E-state index in [1.54, 1.807) is 6.92 Å². The monoisotopic (exact) mass is 340 g/mol. The second-order valence-corrected chi connectivity index (χ2v) is 4.87. The van der Waals surface area contributed by atoms with Gasteiger partial charge in [0.1, 0.15) is 0 Å². The average molecular weight is 340 g/mol. The van der Waals surface area contributed by atoms with Gasteiger partial charge in [-0.25, -0.2) is 33.0 Å². The lowest BCUT2D eigenvalue weighted by molar-refractivity contribution is 0.1000. The number of urea groups is 1. The third-order valence-corrected chi connectivity index (χ3v) is 3.52. The van der Waals surface area contributed by atoms with E-state index in [1.807, 2.05) is 0 Å². The van der Waals surface area contributed by atoms with Gasteiger partial charge in [0.25, 0.3) is 0 Å². The maximum absolute atomic E-state index is 13.5. The van der Waals surface area contributed by atoms with E-state index in [1.165, 1.54) is 12.1 Å². The van der Waals surface area contributed by atoms with Crippen molar-refractivity contribution in [3.63, 3.8) is 0 Å². The van der Waals surface area contributed by atoms with Gasteiger partial charge in [-0.05, 0) is 30.2 Å². The lowest BCUT2D eigenvalue weighted by Gasteiger charge is -2.36. The second kappa shape index (κ2) is 6.65. The van der Waals surface area contributed by atoms with Gasteiger partial charge >= 0.3 is 18.2 Å². The summed E-state index contributed by atoms with van der Waals surface area (Å²) in [6.07, 6.45) is -1.19. The normalized spacial score (nSPS) is 17.6. The topological polar surface area (TPSA) is 87.2 Å². The molecule has 1 heterocycles. The van der Waals surface area contributed by atoms with E-state index in [9.17, 15) is 28.3 Å². The highest BCUT2D eigenvalue weighted by atomic mass is 19.2. The number of methoxy groups -OCH3 is 1. The Bertz CT molecular complexity index is 735. The molecule has 0 saturated carbocycles. The Morgan fingerprint density at radius 3 is 2.46 bits per heavy atom. The minimum absolute atomic E-state index is 0.101. The molecule has 1 aliphatic heterocycles. The summed E-state index contributed by atoms with van der Waals surface area (Å²) >= 11 is 0. The summed E-state index contributed by atoms with van der Waals surface area (Å²) in [7, 11) is 1.02. The van der Waals surface area contributed by atoms with Crippen molar-refractivity contribution in [3.05, 3.63) is 47.2 Å². The second-order valence-electron chi connectivity index (χ2n) is 4.87. The molecule has 1 atom stereocenters. The van der Waals surface area contributed by atoms with Crippen molar-refractivity contribution < 1.29 is 33.0 Å². The molecular formula is C15H14F2N2O5. The van der Waals surface area contributed by atoms with Crippen LogP contribution in [-0.2, 0) is 4.74 Å². The van der Waals surface area contributed by atoms with E-state index < -0.39 is 35.9 Å². The van der Waals surface area contributed by atoms with Crippen LogP contribution in [0.5, 0.6) is 0 Å². The number of carboxylic acid groups (broad SMARTS) is 1. The smallest absolute Gasteiger partial charge is 0.419 e. The number of carbonyl (C=O) groups is 3. The van der Waals surface area contributed by atoms with Crippen molar-refractivity contribution in [1.82, 2.24) is 9.80 Å². The number of allylic oxidation sites excluding steroid dienone is 1. The maximum atomic E-state index is 13.5. The SMILES string of the molecule is CCC1=CC(c2ccc(F)c(F)c2)N(C(=O)OC)C(=O)N1C(=O)O. The predicted octanol–water partition coefficient (Wildman–Crippen LogP) is 3.48. The number of imide groups is 2. The standard InChI is InChI=1S/C15H14F2N2O5/c1-3-9-7-12(8-4-5-10(16)11(17)6-8)19(15(23)24-2)13(20)18(9)14(21)22/h4-7,12H,3H2,1-2H3,(H,21,22). The van der Waals surface area contributed by atoms with Crippen LogP contribution in [0, 0.1) is 11.6 Å². The molecule has 2 rings (SSSR count). The van der Waals surface area contributed by atoms with Crippen LogP contribution in [0.4, 0.5) is 23.2 Å². The van der Waals surface area contributed by atoms with Gasteiger partial charge in [0, 0.05) is 5.70 Å². The zero-order valence-electron chi connectivity index (χ0n) is 12.8. The highest BCUT2D eigenvalue weighted by Gasteiger charge is 2.42. The van der Waals surface area contributed by atoms with Crippen molar-refractivity contribution >= 4 is 18.2 Å². The Morgan fingerprint density at radius 1 is 1.29 bits per heavy atom. The zero-order chi connectivity index (χ0) is 18.0. The van der Waals surface area contributed by atoms with Crippen LogP contribution >= 0.6 is 0 Å². The Hall–Kier alpha value is -2.97. The number of ether oxygens (including phenoxy) is 1. The first-order chi connectivity index (χ1) is 11.3. The van der Waals surface area contributed by atoms with Crippen LogP contribution < -0.4 is 0 Å². The number of hydrogen-bond donors (Lipinski definition) is 1. The molecule has 24 heavy (non-hydrogen) atoms. The van der Waals surface area contributed by atoms with Crippen LogP contribution in [0.2, 0.25) is 0 Å². The van der Waals surface area contributed by atoms with E-state index in [0.29, 0.717) is 9.80 Å². The summed E-state index contributed by atoms with van der Waals surface area (Å²) in [4.78, 5) is 36.6. The maximum Gasteiger partial charge on any atom is 0.419 e. The van der Waals surface area contributed by atoms with Crippen LogP contribution in [0.25, 0.3) is 0 Å².